The lowest BCUT2D eigenvalue weighted by atomic mass is 10.2. The predicted octanol–water partition coefficient (Wildman–Crippen LogP) is -0.774. The third-order valence-electron chi connectivity index (χ3n) is 1.88. The second kappa shape index (κ2) is 2.84. The summed E-state index contributed by atoms with van der Waals surface area (Å²) in [6, 6.07) is 0.350. The number of rotatable bonds is 1. The summed E-state index contributed by atoms with van der Waals surface area (Å²) in [6.07, 6.45) is 1.21. The van der Waals surface area contributed by atoms with Gasteiger partial charge in [0.2, 0.25) is 0 Å². The Morgan fingerprint density at radius 2 is 2.30 bits per heavy atom. The first-order valence-electron chi connectivity index (χ1n) is 3.69. The minimum Gasteiger partial charge on any atom is -0.360 e. The van der Waals surface area contributed by atoms with Gasteiger partial charge >= 0.3 is 0 Å². The summed E-state index contributed by atoms with van der Waals surface area (Å²) >= 11 is 0. The Labute approximate surface area is 59.8 Å². The van der Waals surface area contributed by atoms with E-state index in [1.165, 1.54) is 0 Å². The predicted molar refractivity (Wildman–Crippen MR) is 35.2 cm³/mol. The van der Waals surface area contributed by atoms with E-state index in [1.54, 1.807) is 0 Å². The molecule has 2 fully saturated rings. The van der Waals surface area contributed by atoms with Crippen molar-refractivity contribution in [1.29, 1.82) is 0 Å². The Hall–Kier alpha value is -0.160. The molecule has 2 rings (SSSR count). The molecule has 0 aliphatic carbocycles. The van der Waals surface area contributed by atoms with Gasteiger partial charge in [0.05, 0.1) is 19.3 Å². The van der Waals surface area contributed by atoms with E-state index in [4.69, 9.17) is 9.57 Å². The second-order valence-corrected chi connectivity index (χ2v) is 2.61. The molecule has 2 heterocycles. The van der Waals surface area contributed by atoms with Crippen molar-refractivity contribution >= 4 is 0 Å². The summed E-state index contributed by atoms with van der Waals surface area (Å²) in [5, 5.41) is 3.23. The lowest BCUT2D eigenvalue weighted by Crippen LogP contribution is -2.41. The van der Waals surface area contributed by atoms with Gasteiger partial charge in [-0.15, -0.1) is 0 Å². The van der Waals surface area contributed by atoms with Crippen LogP contribution in [0.5, 0.6) is 0 Å². The first-order valence-corrected chi connectivity index (χ1v) is 3.69. The highest BCUT2D eigenvalue weighted by molar-refractivity contribution is 4.78. The molecule has 0 saturated carbocycles. The molecule has 2 N–H and O–H groups in total. The van der Waals surface area contributed by atoms with Crippen molar-refractivity contribution in [3.05, 3.63) is 0 Å². The van der Waals surface area contributed by atoms with E-state index in [-0.39, 0.29) is 6.23 Å². The molecule has 4 nitrogen and oxygen atoms in total. The summed E-state index contributed by atoms with van der Waals surface area (Å²) in [5.41, 5.74) is 2.91. The molecule has 4 heteroatoms. The van der Waals surface area contributed by atoms with Gasteiger partial charge in [0.1, 0.15) is 6.23 Å². The molecule has 0 aromatic carbocycles. The van der Waals surface area contributed by atoms with E-state index in [0.717, 1.165) is 26.2 Å². The van der Waals surface area contributed by atoms with Crippen molar-refractivity contribution in [2.75, 3.05) is 19.8 Å². The largest absolute Gasteiger partial charge is 0.360 e. The number of hydrogen-bond acceptors (Lipinski definition) is 4. The number of hydrogen-bond donors (Lipinski definition) is 2. The summed E-state index contributed by atoms with van der Waals surface area (Å²) < 4.78 is 5.38. The highest BCUT2D eigenvalue weighted by Crippen LogP contribution is 2.09. The smallest absolute Gasteiger partial charge is 0.126 e. The average Bonchev–Trinajstić information content (AvgIpc) is 2.59. The summed E-state index contributed by atoms with van der Waals surface area (Å²) in [6.45, 7) is 2.58. The normalized spacial score (nSPS) is 40.8. The third kappa shape index (κ3) is 1.15. The topological polar surface area (TPSA) is 42.5 Å². The van der Waals surface area contributed by atoms with E-state index < -0.39 is 0 Å². The Kier molecular flexibility index (Phi) is 1.86. The molecule has 0 spiro atoms. The second-order valence-electron chi connectivity index (χ2n) is 2.61. The van der Waals surface area contributed by atoms with Crippen LogP contribution in [-0.4, -0.2) is 32.0 Å². The van der Waals surface area contributed by atoms with Crippen molar-refractivity contribution < 1.29 is 9.57 Å². The van der Waals surface area contributed by atoms with Gasteiger partial charge in [0.15, 0.2) is 0 Å². The molecule has 2 aliphatic rings. The Morgan fingerprint density at radius 3 is 2.90 bits per heavy atom. The van der Waals surface area contributed by atoms with E-state index in [1.807, 2.05) is 0 Å². The first kappa shape index (κ1) is 6.54. The molecule has 0 bridgehead atoms. The van der Waals surface area contributed by atoms with Crippen molar-refractivity contribution in [2.45, 2.75) is 18.7 Å². The molecule has 0 amide bonds. The monoisotopic (exact) mass is 144 g/mol. The van der Waals surface area contributed by atoms with E-state index in [2.05, 4.69) is 10.8 Å². The minimum atomic E-state index is 0.169. The van der Waals surface area contributed by atoms with Gasteiger partial charge in [-0.3, -0.25) is 5.32 Å². The van der Waals surface area contributed by atoms with Crippen LogP contribution in [0.2, 0.25) is 0 Å². The maximum Gasteiger partial charge on any atom is 0.126 e. The van der Waals surface area contributed by atoms with Gasteiger partial charge in [-0.1, -0.05) is 0 Å². The van der Waals surface area contributed by atoms with Gasteiger partial charge in [0, 0.05) is 6.54 Å². The lowest BCUT2D eigenvalue weighted by molar-refractivity contribution is 0.0251. The maximum absolute atomic E-state index is 5.38. The average molecular weight is 144 g/mol. The standard InChI is InChI=1S/C6H12N2O2/c1-3-10-8-5(1)6-7-2-4-9-6/h5-8H,1-4H2. The SMILES string of the molecule is C1COC(C2CCON2)N1. The van der Waals surface area contributed by atoms with Crippen molar-refractivity contribution in [1.82, 2.24) is 10.8 Å². The third-order valence-corrected chi connectivity index (χ3v) is 1.88. The van der Waals surface area contributed by atoms with Crippen LogP contribution in [0.1, 0.15) is 6.42 Å². The highest BCUT2D eigenvalue weighted by atomic mass is 16.7. The van der Waals surface area contributed by atoms with Gasteiger partial charge in [-0.2, -0.15) is 5.48 Å². The van der Waals surface area contributed by atoms with E-state index in [0.29, 0.717) is 6.04 Å². The zero-order chi connectivity index (χ0) is 6.81. The molecule has 2 saturated heterocycles. The Morgan fingerprint density at radius 1 is 1.30 bits per heavy atom. The van der Waals surface area contributed by atoms with Gasteiger partial charge < -0.3 is 9.57 Å². The fourth-order valence-corrected chi connectivity index (χ4v) is 1.33. The van der Waals surface area contributed by atoms with Crippen molar-refractivity contribution in [3.8, 4) is 0 Å². The van der Waals surface area contributed by atoms with Crippen molar-refractivity contribution in [3.63, 3.8) is 0 Å². The van der Waals surface area contributed by atoms with Crippen LogP contribution >= 0.6 is 0 Å². The van der Waals surface area contributed by atoms with Crippen LogP contribution in [0.3, 0.4) is 0 Å². The van der Waals surface area contributed by atoms with Crippen molar-refractivity contribution in [2.24, 2.45) is 0 Å². The zero-order valence-electron chi connectivity index (χ0n) is 5.80. The maximum atomic E-state index is 5.38. The highest BCUT2D eigenvalue weighted by Gasteiger charge is 2.28. The zero-order valence-corrected chi connectivity index (χ0v) is 5.80. The van der Waals surface area contributed by atoms with E-state index in [9.17, 15) is 0 Å². The number of hydroxylamine groups is 1. The summed E-state index contributed by atoms with van der Waals surface area (Å²) in [5.74, 6) is 0. The first-order chi connectivity index (χ1) is 4.97. The quantitative estimate of drug-likeness (QED) is 0.507. The Bertz CT molecular complexity index is 94.3. The Balaban J connectivity index is 1.85. The minimum absolute atomic E-state index is 0.169. The molecule has 58 valence electrons. The fourth-order valence-electron chi connectivity index (χ4n) is 1.33. The molecule has 0 aromatic rings. The van der Waals surface area contributed by atoms with Crippen LogP contribution in [0.4, 0.5) is 0 Å². The molecule has 2 atom stereocenters. The summed E-state index contributed by atoms with van der Waals surface area (Å²) in [4.78, 5) is 5.00. The van der Waals surface area contributed by atoms with Crippen LogP contribution in [0.15, 0.2) is 0 Å². The molecule has 2 aliphatic heterocycles. The van der Waals surface area contributed by atoms with E-state index >= 15 is 0 Å². The molecule has 2 unspecified atom stereocenters. The molecular weight excluding hydrogens is 132 g/mol. The summed E-state index contributed by atoms with van der Waals surface area (Å²) in [7, 11) is 0. The van der Waals surface area contributed by atoms with Crippen LogP contribution < -0.4 is 10.8 Å². The fraction of sp³-hybridized carbons (Fsp3) is 1.00. The number of ether oxygens (including phenoxy) is 1. The van der Waals surface area contributed by atoms with Crippen LogP contribution in [-0.2, 0) is 9.57 Å². The number of nitrogens with one attached hydrogen (secondary N) is 2. The molecule has 10 heavy (non-hydrogen) atoms. The van der Waals surface area contributed by atoms with Crippen LogP contribution in [0.25, 0.3) is 0 Å². The lowest BCUT2D eigenvalue weighted by Gasteiger charge is -2.15. The molecular formula is C6H12N2O2. The van der Waals surface area contributed by atoms with Gasteiger partial charge in [-0.05, 0) is 6.42 Å². The van der Waals surface area contributed by atoms with Gasteiger partial charge in [-0.25, -0.2) is 0 Å². The van der Waals surface area contributed by atoms with Crippen LogP contribution in [0, 0.1) is 0 Å². The molecule has 0 aromatic heterocycles. The van der Waals surface area contributed by atoms with Gasteiger partial charge in [0.25, 0.3) is 0 Å². The molecule has 0 radical (unpaired) electrons.